The molecule has 0 aromatic heterocycles. The van der Waals surface area contributed by atoms with Crippen LogP contribution in [0.25, 0.3) is 0 Å². The minimum Gasteiger partial charge on any atom is -0.313 e. The molecule has 0 aliphatic carbocycles. The summed E-state index contributed by atoms with van der Waals surface area (Å²) in [5, 5.41) is 3.43. The number of halogens is 1. The van der Waals surface area contributed by atoms with Gasteiger partial charge < -0.3 is 5.32 Å². The van der Waals surface area contributed by atoms with Gasteiger partial charge in [-0.2, -0.15) is 0 Å². The van der Waals surface area contributed by atoms with Crippen LogP contribution in [-0.4, -0.2) is 7.05 Å². The van der Waals surface area contributed by atoms with Crippen molar-refractivity contribution >= 4 is 15.9 Å². The van der Waals surface area contributed by atoms with Crippen LogP contribution in [0.2, 0.25) is 0 Å². The van der Waals surface area contributed by atoms with E-state index in [4.69, 9.17) is 0 Å². The van der Waals surface area contributed by atoms with Gasteiger partial charge in [0, 0.05) is 10.5 Å². The minimum atomic E-state index is 0.465. The average Bonchev–Trinajstić information content (AvgIpc) is 2.25. The van der Waals surface area contributed by atoms with Crippen LogP contribution in [0.4, 0.5) is 0 Å². The minimum absolute atomic E-state index is 0.465. The van der Waals surface area contributed by atoms with Crippen molar-refractivity contribution in [1.82, 2.24) is 5.32 Å². The second-order valence-corrected chi connectivity index (χ2v) is 5.40. The van der Waals surface area contributed by atoms with Crippen LogP contribution in [0.5, 0.6) is 0 Å². The van der Waals surface area contributed by atoms with Crippen LogP contribution in [0, 0.1) is 12.8 Å². The largest absolute Gasteiger partial charge is 0.313 e. The molecule has 0 aliphatic heterocycles. The third-order valence-corrected chi connectivity index (χ3v) is 4.05. The predicted molar refractivity (Wildman–Crippen MR) is 74.8 cm³/mol. The molecule has 2 heteroatoms. The van der Waals surface area contributed by atoms with Crippen LogP contribution in [0.15, 0.2) is 22.7 Å². The fraction of sp³-hybridized carbons (Fsp3) is 0.571. The molecular weight excluding hydrogens is 262 g/mol. The van der Waals surface area contributed by atoms with Crippen molar-refractivity contribution in [1.29, 1.82) is 0 Å². The van der Waals surface area contributed by atoms with Crippen molar-refractivity contribution in [2.24, 2.45) is 5.92 Å². The second-order valence-electron chi connectivity index (χ2n) is 4.54. The summed E-state index contributed by atoms with van der Waals surface area (Å²) in [7, 11) is 2.05. The van der Waals surface area contributed by atoms with Gasteiger partial charge in [-0.05, 0) is 43.5 Å². The Morgan fingerprint density at radius 2 is 2.06 bits per heavy atom. The molecule has 0 heterocycles. The molecule has 0 amide bonds. The maximum atomic E-state index is 3.55. The smallest absolute Gasteiger partial charge is 0.0343 e. The third kappa shape index (κ3) is 3.33. The van der Waals surface area contributed by atoms with Gasteiger partial charge in [0.15, 0.2) is 0 Å². The summed E-state index contributed by atoms with van der Waals surface area (Å²) in [6, 6.07) is 7.10. The Morgan fingerprint density at radius 3 is 2.56 bits per heavy atom. The molecule has 1 aromatic carbocycles. The summed E-state index contributed by atoms with van der Waals surface area (Å²) in [6.45, 7) is 6.71. The maximum absolute atomic E-state index is 3.55. The number of aryl methyl sites for hydroxylation is 1. The molecular formula is C14H22BrN. The number of rotatable bonds is 5. The Kier molecular flexibility index (Phi) is 5.50. The van der Waals surface area contributed by atoms with E-state index in [1.165, 1.54) is 28.4 Å². The summed E-state index contributed by atoms with van der Waals surface area (Å²) in [5.41, 5.74) is 2.70. The summed E-state index contributed by atoms with van der Waals surface area (Å²) in [6.07, 6.45) is 2.51. The van der Waals surface area contributed by atoms with E-state index in [-0.39, 0.29) is 0 Å². The van der Waals surface area contributed by atoms with E-state index in [9.17, 15) is 0 Å². The first-order chi connectivity index (χ1) is 7.60. The second kappa shape index (κ2) is 6.41. The molecule has 16 heavy (non-hydrogen) atoms. The molecule has 0 radical (unpaired) electrons. The molecule has 0 aliphatic rings. The fourth-order valence-electron chi connectivity index (χ4n) is 2.26. The molecule has 0 fully saturated rings. The van der Waals surface area contributed by atoms with Gasteiger partial charge in [0.05, 0.1) is 0 Å². The number of nitrogens with one attached hydrogen (secondary N) is 1. The lowest BCUT2D eigenvalue weighted by Gasteiger charge is -2.24. The van der Waals surface area contributed by atoms with Gasteiger partial charge in [0.2, 0.25) is 0 Å². The van der Waals surface area contributed by atoms with Gasteiger partial charge in [-0.3, -0.25) is 0 Å². The fourth-order valence-corrected chi connectivity index (χ4v) is 2.51. The average molecular weight is 284 g/mol. The zero-order chi connectivity index (χ0) is 12.1. The van der Waals surface area contributed by atoms with E-state index < -0.39 is 0 Å². The van der Waals surface area contributed by atoms with Crippen molar-refractivity contribution in [3.63, 3.8) is 0 Å². The highest BCUT2D eigenvalue weighted by Crippen LogP contribution is 2.28. The lowest BCUT2D eigenvalue weighted by atomic mass is 9.90. The van der Waals surface area contributed by atoms with Crippen molar-refractivity contribution < 1.29 is 0 Å². The molecule has 1 aromatic rings. The molecule has 2 atom stereocenters. The van der Waals surface area contributed by atoms with E-state index in [1.54, 1.807) is 0 Å². The topological polar surface area (TPSA) is 12.0 Å². The van der Waals surface area contributed by atoms with Gasteiger partial charge in [0.25, 0.3) is 0 Å². The van der Waals surface area contributed by atoms with Crippen LogP contribution in [0.1, 0.15) is 43.9 Å². The highest BCUT2D eigenvalue weighted by Gasteiger charge is 2.16. The molecule has 0 saturated heterocycles. The first-order valence-corrected chi connectivity index (χ1v) is 6.82. The van der Waals surface area contributed by atoms with E-state index in [1.807, 2.05) is 7.05 Å². The number of benzene rings is 1. The standard InChI is InChI=1S/C14H22BrN/c1-5-6-10(2)14(16-4)12-7-8-13(15)11(3)9-12/h7-10,14,16H,5-6H2,1-4H3. The first-order valence-electron chi connectivity index (χ1n) is 6.03. The van der Waals surface area contributed by atoms with E-state index in [2.05, 4.69) is 60.2 Å². The van der Waals surface area contributed by atoms with Gasteiger partial charge >= 0.3 is 0 Å². The zero-order valence-electron chi connectivity index (χ0n) is 10.7. The Balaban J connectivity index is 2.90. The monoisotopic (exact) mass is 283 g/mol. The SMILES string of the molecule is CCCC(C)C(NC)c1ccc(Br)c(C)c1. The van der Waals surface area contributed by atoms with Gasteiger partial charge in [0.1, 0.15) is 0 Å². The Hall–Kier alpha value is -0.340. The van der Waals surface area contributed by atoms with Gasteiger partial charge in [-0.1, -0.05) is 48.3 Å². The van der Waals surface area contributed by atoms with Crippen molar-refractivity contribution in [2.45, 2.75) is 39.7 Å². The molecule has 1 nitrogen and oxygen atoms in total. The number of hydrogen-bond donors (Lipinski definition) is 1. The Bertz CT molecular complexity index is 336. The lowest BCUT2D eigenvalue weighted by Crippen LogP contribution is -2.23. The summed E-state index contributed by atoms with van der Waals surface area (Å²) in [5.74, 6) is 0.676. The van der Waals surface area contributed by atoms with E-state index in [0.29, 0.717) is 12.0 Å². The summed E-state index contributed by atoms with van der Waals surface area (Å²) in [4.78, 5) is 0. The van der Waals surface area contributed by atoms with Gasteiger partial charge in [-0.15, -0.1) is 0 Å². The number of hydrogen-bond acceptors (Lipinski definition) is 1. The lowest BCUT2D eigenvalue weighted by molar-refractivity contribution is 0.384. The molecule has 0 saturated carbocycles. The molecule has 1 rings (SSSR count). The molecule has 1 N–H and O–H groups in total. The molecule has 0 spiro atoms. The normalized spacial score (nSPS) is 14.8. The highest BCUT2D eigenvalue weighted by molar-refractivity contribution is 9.10. The van der Waals surface area contributed by atoms with Gasteiger partial charge in [-0.25, -0.2) is 0 Å². The maximum Gasteiger partial charge on any atom is 0.0343 e. The molecule has 0 bridgehead atoms. The van der Waals surface area contributed by atoms with Crippen molar-refractivity contribution in [3.8, 4) is 0 Å². The third-order valence-electron chi connectivity index (χ3n) is 3.17. The Labute approximate surface area is 108 Å². The first kappa shape index (κ1) is 13.7. The van der Waals surface area contributed by atoms with E-state index in [0.717, 1.165) is 0 Å². The molecule has 90 valence electrons. The highest BCUT2D eigenvalue weighted by atomic mass is 79.9. The van der Waals surface area contributed by atoms with Crippen molar-refractivity contribution in [2.75, 3.05) is 7.05 Å². The quantitative estimate of drug-likeness (QED) is 0.842. The van der Waals surface area contributed by atoms with Crippen LogP contribution >= 0.6 is 15.9 Å². The van der Waals surface area contributed by atoms with Crippen LogP contribution in [0.3, 0.4) is 0 Å². The van der Waals surface area contributed by atoms with Crippen LogP contribution in [-0.2, 0) is 0 Å². The van der Waals surface area contributed by atoms with Crippen molar-refractivity contribution in [3.05, 3.63) is 33.8 Å². The summed E-state index contributed by atoms with van der Waals surface area (Å²) < 4.78 is 1.19. The molecule has 2 unspecified atom stereocenters. The Morgan fingerprint density at radius 1 is 1.38 bits per heavy atom. The summed E-state index contributed by atoms with van der Waals surface area (Å²) >= 11 is 3.55. The van der Waals surface area contributed by atoms with E-state index >= 15 is 0 Å². The van der Waals surface area contributed by atoms with Crippen LogP contribution < -0.4 is 5.32 Å². The predicted octanol–water partition coefficient (Wildman–Crippen LogP) is 4.45. The zero-order valence-corrected chi connectivity index (χ0v) is 12.3.